The van der Waals surface area contributed by atoms with Crippen molar-refractivity contribution in [2.45, 2.75) is 43.4 Å². The zero-order valence-corrected chi connectivity index (χ0v) is 13.3. The molecule has 2 unspecified atom stereocenters. The minimum absolute atomic E-state index is 0.0462. The van der Waals surface area contributed by atoms with E-state index >= 15 is 0 Å². The third-order valence-corrected chi connectivity index (χ3v) is 4.61. The highest BCUT2D eigenvalue weighted by Crippen LogP contribution is 2.23. The van der Waals surface area contributed by atoms with Crippen molar-refractivity contribution in [2.75, 3.05) is 13.1 Å². The highest BCUT2D eigenvalue weighted by Gasteiger charge is 2.22. The maximum Gasteiger partial charge on any atom is 0.251 e. The van der Waals surface area contributed by atoms with Crippen molar-refractivity contribution >= 4 is 17.7 Å². The lowest BCUT2D eigenvalue weighted by Gasteiger charge is -2.30. The van der Waals surface area contributed by atoms with Gasteiger partial charge in [-0.2, -0.15) is 0 Å². The first-order chi connectivity index (χ1) is 9.56. The van der Waals surface area contributed by atoms with Crippen LogP contribution in [0, 0.1) is 5.92 Å². The Morgan fingerprint density at radius 1 is 1.35 bits per heavy atom. The molecule has 1 heterocycles. The van der Waals surface area contributed by atoms with Crippen molar-refractivity contribution < 1.29 is 4.79 Å². The summed E-state index contributed by atoms with van der Waals surface area (Å²) in [6, 6.07) is 8.20. The summed E-state index contributed by atoms with van der Waals surface area (Å²) in [4.78, 5) is 13.5. The molecule has 1 amide bonds. The van der Waals surface area contributed by atoms with Gasteiger partial charge in [-0.05, 0) is 49.7 Å². The largest absolute Gasteiger partial charge is 0.349 e. The smallest absolute Gasteiger partial charge is 0.251 e. The summed E-state index contributed by atoms with van der Waals surface area (Å²) in [5.74, 6) is 0.535. The van der Waals surface area contributed by atoms with Crippen molar-refractivity contribution in [1.82, 2.24) is 10.6 Å². The van der Waals surface area contributed by atoms with E-state index in [4.69, 9.17) is 0 Å². The Bertz CT molecular complexity index is 444. The number of benzene rings is 1. The van der Waals surface area contributed by atoms with Gasteiger partial charge in [-0.1, -0.05) is 20.8 Å². The quantitative estimate of drug-likeness (QED) is 0.838. The van der Waals surface area contributed by atoms with Crippen LogP contribution in [0.15, 0.2) is 29.2 Å². The highest BCUT2D eigenvalue weighted by atomic mass is 32.2. The van der Waals surface area contributed by atoms with Crippen molar-refractivity contribution in [3.05, 3.63) is 29.8 Å². The molecule has 1 aliphatic heterocycles. The Morgan fingerprint density at radius 3 is 2.65 bits per heavy atom. The zero-order chi connectivity index (χ0) is 14.5. The number of hydrogen-bond donors (Lipinski definition) is 2. The molecule has 2 atom stereocenters. The molecule has 0 radical (unpaired) electrons. The van der Waals surface area contributed by atoms with Gasteiger partial charge in [0.25, 0.3) is 5.91 Å². The molecule has 0 saturated carbocycles. The predicted octanol–water partition coefficient (Wildman–Crippen LogP) is 2.91. The first-order valence-corrected chi connectivity index (χ1v) is 8.22. The third kappa shape index (κ3) is 4.25. The Hall–Kier alpha value is -1.00. The fourth-order valence-corrected chi connectivity index (χ4v) is 3.27. The summed E-state index contributed by atoms with van der Waals surface area (Å²) in [5, 5.41) is 7.07. The summed E-state index contributed by atoms with van der Waals surface area (Å²) >= 11 is 1.81. The van der Waals surface area contributed by atoms with E-state index in [2.05, 4.69) is 31.4 Å². The number of thioether (sulfide) groups is 1. The minimum Gasteiger partial charge on any atom is -0.349 e. The topological polar surface area (TPSA) is 41.1 Å². The Kier molecular flexibility index (Phi) is 5.49. The maximum atomic E-state index is 12.3. The standard InChI is InChI=1S/C16H24N2OS/c1-11(2)20-14-6-4-13(5-7-14)16(19)18-15-8-9-17-10-12(15)3/h4-7,11-12,15,17H,8-10H2,1-3H3,(H,18,19). The van der Waals surface area contributed by atoms with Gasteiger partial charge < -0.3 is 10.6 Å². The summed E-state index contributed by atoms with van der Waals surface area (Å²) in [6.45, 7) is 8.49. The lowest BCUT2D eigenvalue weighted by atomic mass is 9.95. The predicted molar refractivity (Wildman–Crippen MR) is 85.3 cm³/mol. The summed E-state index contributed by atoms with van der Waals surface area (Å²) in [6.07, 6.45) is 1.01. The summed E-state index contributed by atoms with van der Waals surface area (Å²) in [7, 11) is 0. The van der Waals surface area contributed by atoms with Crippen molar-refractivity contribution in [3.8, 4) is 0 Å². The van der Waals surface area contributed by atoms with Gasteiger partial charge in [0.1, 0.15) is 0 Å². The molecular weight excluding hydrogens is 268 g/mol. The molecule has 0 aromatic heterocycles. The van der Waals surface area contributed by atoms with Crippen LogP contribution in [-0.2, 0) is 0 Å². The van der Waals surface area contributed by atoms with E-state index in [9.17, 15) is 4.79 Å². The highest BCUT2D eigenvalue weighted by molar-refractivity contribution is 7.99. The van der Waals surface area contributed by atoms with Crippen molar-refractivity contribution in [3.63, 3.8) is 0 Å². The molecule has 1 fully saturated rings. The molecule has 1 saturated heterocycles. The number of hydrogen-bond acceptors (Lipinski definition) is 3. The third-order valence-electron chi connectivity index (χ3n) is 3.59. The van der Waals surface area contributed by atoms with E-state index in [1.54, 1.807) is 0 Å². The lowest BCUT2D eigenvalue weighted by molar-refractivity contribution is 0.0914. The van der Waals surface area contributed by atoms with E-state index in [1.165, 1.54) is 4.90 Å². The average Bonchev–Trinajstić information content (AvgIpc) is 2.41. The van der Waals surface area contributed by atoms with Crippen LogP contribution in [0.3, 0.4) is 0 Å². The van der Waals surface area contributed by atoms with Crippen LogP contribution >= 0.6 is 11.8 Å². The van der Waals surface area contributed by atoms with E-state index in [-0.39, 0.29) is 11.9 Å². The Balaban J connectivity index is 1.95. The first-order valence-electron chi connectivity index (χ1n) is 7.34. The van der Waals surface area contributed by atoms with E-state index in [0.29, 0.717) is 11.2 Å². The molecular formula is C16H24N2OS. The fraction of sp³-hybridized carbons (Fsp3) is 0.562. The monoisotopic (exact) mass is 292 g/mol. The van der Waals surface area contributed by atoms with Crippen LogP contribution in [0.4, 0.5) is 0 Å². The lowest BCUT2D eigenvalue weighted by Crippen LogP contribution is -2.48. The van der Waals surface area contributed by atoms with Gasteiger partial charge in [0.2, 0.25) is 0 Å². The van der Waals surface area contributed by atoms with Crippen LogP contribution in [-0.4, -0.2) is 30.3 Å². The van der Waals surface area contributed by atoms with Crippen LogP contribution < -0.4 is 10.6 Å². The summed E-state index contributed by atoms with van der Waals surface area (Å²) in [5.41, 5.74) is 0.754. The van der Waals surface area contributed by atoms with Gasteiger partial charge in [-0.3, -0.25) is 4.79 Å². The number of rotatable bonds is 4. The average molecular weight is 292 g/mol. The van der Waals surface area contributed by atoms with Crippen LogP contribution in [0.5, 0.6) is 0 Å². The van der Waals surface area contributed by atoms with Gasteiger partial charge in [-0.25, -0.2) is 0 Å². The maximum absolute atomic E-state index is 12.3. The molecule has 2 N–H and O–H groups in total. The molecule has 20 heavy (non-hydrogen) atoms. The molecule has 4 heteroatoms. The van der Waals surface area contributed by atoms with E-state index in [0.717, 1.165) is 25.1 Å². The number of amides is 1. The van der Waals surface area contributed by atoms with Gasteiger partial charge in [0.05, 0.1) is 0 Å². The summed E-state index contributed by atoms with van der Waals surface area (Å²) < 4.78 is 0. The van der Waals surface area contributed by atoms with Gasteiger partial charge in [-0.15, -0.1) is 11.8 Å². The zero-order valence-electron chi connectivity index (χ0n) is 12.5. The number of nitrogens with one attached hydrogen (secondary N) is 2. The van der Waals surface area contributed by atoms with Crippen LogP contribution in [0.25, 0.3) is 0 Å². The second-order valence-corrected chi connectivity index (χ2v) is 7.39. The van der Waals surface area contributed by atoms with E-state index < -0.39 is 0 Å². The van der Waals surface area contributed by atoms with E-state index in [1.807, 2.05) is 36.0 Å². The minimum atomic E-state index is 0.0462. The van der Waals surface area contributed by atoms with Crippen molar-refractivity contribution in [1.29, 1.82) is 0 Å². The number of piperidine rings is 1. The molecule has 0 aliphatic carbocycles. The van der Waals surface area contributed by atoms with Gasteiger partial charge in [0, 0.05) is 21.8 Å². The molecule has 1 aliphatic rings. The second kappa shape index (κ2) is 7.14. The van der Waals surface area contributed by atoms with Crippen LogP contribution in [0.1, 0.15) is 37.6 Å². The molecule has 0 bridgehead atoms. The Morgan fingerprint density at radius 2 is 2.05 bits per heavy atom. The van der Waals surface area contributed by atoms with Gasteiger partial charge >= 0.3 is 0 Å². The number of carbonyl (C=O) groups is 1. The Labute approximate surface area is 125 Å². The normalized spacial score (nSPS) is 22.8. The molecule has 0 spiro atoms. The van der Waals surface area contributed by atoms with Gasteiger partial charge in [0.15, 0.2) is 0 Å². The first kappa shape index (κ1) is 15.4. The second-order valence-electron chi connectivity index (χ2n) is 5.74. The van der Waals surface area contributed by atoms with Crippen LogP contribution in [0.2, 0.25) is 0 Å². The molecule has 110 valence electrons. The fourth-order valence-electron chi connectivity index (χ4n) is 2.44. The molecule has 1 aromatic rings. The molecule has 3 nitrogen and oxygen atoms in total. The van der Waals surface area contributed by atoms with Crippen molar-refractivity contribution in [2.24, 2.45) is 5.92 Å². The number of carbonyl (C=O) groups excluding carboxylic acids is 1. The molecule has 1 aromatic carbocycles. The molecule has 2 rings (SSSR count). The SMILES string of the molecule is CC(C)Sc1ccc(C(=O)NC2CCNCC2C)cc1.